The molecule has 6 nitrogen and oxygen atoms in total. The number of hydrogen-bond donors (Lipinski definition) is 1. The van der Waals surface area contributed by atoms with Crippen molar-refractivity contribution in [3.05, 3.63) is 65.2 Å². The van der Waals surface area contributed by atoms with Crippen molar-refractivity contribution in [1.82, 2.24) is 5.32 Å². The van der Waals surface area contributed by atoms with Crippen LogP contribution in [-0.2, 0) is 26.2 Å². The molecule has 0 saturated heterocycles. The Labute approximate surface area is 171 Å². The van der Waals surface area contributed by atoms with Crippen LogP contribution in [0.4, 0.5) is 5.69 Å². The summed E-state index contributed by atoms with van der Waals surface area (Å²) in [6.45, 7) is 2.84. The number of carbonyl (C=O) groups is 1. The summed E-state index contributed by atoms with van der Waals surface area (Å²) in [5, 5.41) is 3.25. The summed E-state index contributed by atoms with van der Waals surface area (Å²) in [7, 11) is -3.66. The van der Waals surface area contributed by atoms with Crippen molar-refractivity contribution in [3.63, 3.8) is 0 Å². The molecule has 1 amide bonds. The molecule has 8 heteroatoms. The molecule has 2 aromatic carbocycles. The molecule has 0 spiro atoms. The number of carbonyl (C=O) groups excluding carboxylic acids is 1. The average molecular weight is 425 g/mol. The van der Waals surface area contributed by atoms with Gasteiger partial charge in [-0.25, -0.2) is 8.42 Å². The fourth-order valence-electron chi connectivity index (χ4n) is 2.78. The van der Waals surface area contributed by atoms with Gasteiger partial charge in [0.2, 0.25) is 15.9 Å². The van der Waals surface area contributed by atoms with Gasteiger partial charge in [-0.2, -0.15) is 0 Å². The van der Waals surface area contributed by atoms with Crippen LogP contribution >= 0.6 is 11.6 Å². The van der Waals surface area contributed by atoms with Crippen LogP contribution in [0.3, 0.4) is 0 Å². The molecule has 28 heavy (non-hydrogen) atoms. The van der Waals surface area contributed by atoms with Crippen LogP contribution in [0, 0.1) is 0 Å². The number of ether oxygens (including phenoxy) is 1. The van der Waals surface area contributed by atoms with Gasteiger partial charge in [-0.15, -0.1) is 0 Å². The van der Waals surface area contributed by atoms with Crippen molar-refractivity contribution in [2.24, 2.45) is 0 Å². The van der Waals surface area contributed by atoms with Crippen molar-refractivity contribution in [1.29, 1.82) is 0 Å². The molecule has 0 aliphatic rings. The highest BCUT2D eigenvalue weighted by Gasteiger charge is 2.31. The first-order valence-electron chi connectivity index (χ1n) is 8.97. The monoisotopic (exact) mass is 424 g/mol. The minimum atomic E-state index is -3.66. The number of halogens is 1. The summed E-state index contributed by atoms with van der Waals surface area (Å²) in [5.41, 5.74) is 1.44. The lowest BCUT2D eigenvalue weighted by molar-refractivity contribution is -0.122. The zero-order valence-electron chi connectivity index (χ0n) is 16.0. The van der Waals surface area contributed by atoms with Crippen molar-refractivity contribution >= 4 is 33.2 Å². The number of hydrogen-bond acceptors (Lipinski definition) is 4. The predicted octanol–water partition coefficient (Wildman–Crippen LogP) is 3.22. The minimum absolute atomic E-state index is 0.292. The van der Waals surface area contributed by atoms with Crippen molar-refractivity contribution < 1.29 is 17.9 Å². The molecule has 0 saturated carbocycles. The highest BCUT2D eigenvalue weighted by Crippen LogP contribution is 2.24. The Bertz CT molecular complexity index is 858. The number of amides is 1. The lowest BCUT2D eigenvalue weighted by atomic mass is 10.2. The van der Waals surface area contributed by atoms with Gasteiger partial charge in [-0.05, 0) is 36.2 Å². The van der Waals surface area contributed by atoms with Gasteiger partial charge in [-0.1, -0.05) is 48.9 Å². The maximum atomic E-state index is 12.6. The fourth-order valence-corrected chi connectivity index (χ4v) is 4.11. The predicted molar refractivity (Wildman–Crippen MR) is 112 cm³/mol. The molecule has 0 aliphatic heterocycles. The van der Waals surface area contributed by atoms with Gasteiger partial charge in [0, 0.05) is 11.6 Å². The number of nitrogens with one attached hydrogen (secondary N) is 1. The van der Waals surface area contributed by atoms with Gasteiger partial charge in [0.25, 0.3) is 0 Å². The Hall–Kier alpha value is -2.09. The Morgan fingerprint density at radius 1 is 1.14 bits per heavy atom. The average Bonchev–Trinajstić information content (AvgIpc) is 2.66. The Morgan fingerprint density at radius 2 is 1.79 bits per heavy atom. The van der Waals surface area contributed by atoms with Crippen LogP contribution in [0.2, 0.25) is 5.02 Å². The molecule has 0 unspecified atom stereocenters. The largest absolute Gasteiger partial charge is 0.375 e. The first-order chi connectivity index (χ1) is 13.3. The van der Waals surface area contributed by atoms with E-state index in [-0.39, 0.29) is 5.91 Å². The minimum Gasteiger partial charge on any atom is -0.375 e. The lowest BCUT2D eigenvalue weighted by Crippen LogP contribution is -2.49. The molecule has 0 heterocycles. The van der Waals surface area contributed by atoms with E-state index in [9.17, 15) is 13.2 Å². The van der Waals surface area contributed by atoms with E-state index in [1.807, 2.05) is 30.3 Å². The van der Waals surface area contributed by atoms with Crippen LogP contribution in [0.25, 0.3) is 0 Å². The number of nitrogens with zero attached hydrogens (tertiary/aromatic N) is 1. The second-order valence-electron chi connectivity index (χ2n) is 6.29. The molecule has 2 rings (SSSR count). The summed E-state index contributed by atoms with van der Waals surface area (Å²) < 4.78 is 31.4. The number of sulfonamides is 1. The maximum Gasteiger partial charge on any atom is 0.243 e. The highest BCUT2D eigenvalue weighted by atomic mass is 35.5. The van der Waals surface area contributed by atoms with Gasteiger partial charge < -0.3 is 10.1 Å². The SMILES string of the molecule is CC[C@@H](C(=O)NCCOCc1ccccc1)N(c1ccc(Cl)cc1)S(C)(=O)=O. The van der Waals surface area contributed by atoms with E-state index in [0.717, 1.165) is 16.1 Å². The van der Waals surface area contributed by atoms with E-state index < -0.39 is 16.1 Å². The van der Waals surface area contributed by atoms with E-state index in [1.165, 1.54) is 0 Å². The molecule has 152 valence electrons. The normalized spacial score (nSPS) is 12.4. The topological polar surface area (TPSA) is 75.7 Å². The summed E-state index contributed by atoms with van der Waals surface area (Å²) in [5.74, 6) is -0.369. The van der Waals surface area contributed by atoms with Gasteiger partial charge in [0.05, 0.1) is 25.2 Å². The molecule has 0 radical (unpaired) electrons. The molecule has 0 fully saturated rings. The Morgan fingerprint density at radius 3 is 2.36 bits per heavy atom. The smallest absolute Gasteiger partial charge is 0.243 e. The van der Waals surface area contributed by atoms with E-state index in [1.54, 1.807) is 31.2 Å². The van der Waals surface area contributed by atoms with Crippen molar-refractivity contribution in [2.75, 3.05) is 23.7 Å². The summed E-state index contributed by atoms with van der Waals surface area (Å²) in [4.78, 5) is 12.6. The van der Waals surface area contributed by atoms with E-state index in [2.05, 4.69) is 5.32 Å². The van der Waals surface area contributed by atoms with E-state index in [0.29, 0.717) is 36.9 Å². The Balaban J connectivity index is 1.96. The second-order valence-corrected chi connectivity index (χ2v) is 8.58. The van der Waals surface area contributed by atoms with Crippen LogP contribution < -0.4 is 9.62 Å². The standard InChI is InChI=1S/C20H25ClN2O4S/c1-3-19(23(28(2,25)26)18-11-9-17(21)10-12-18)20(24)22-13-14-27-15-16-7-5-4-6-8-16/h4-12,19H,3,13-15H2,1-2H3,(H,22,24)/t19-/m0/s1. The van der Waals surface area contributed by atoms with Gasteiger partial charge in [0.15, 0.2) is 0 Å². The third kappa shape index (κ3) is 6.51. The maximum absolute atomic E-state index is 12.6. The highest BCUT2D eigenvalue weighted by molar-refractivity contribution is 7.92. The van der Waals surface area contributed by atoms with Gasteiger partial charge in [0.1, 0.15) is 6.04 Å². The fraction of sp³-hybridized carbons (Fsp3) is 0.350. The van der Waals surface area contributed by atoms with Gasteiger partial charge in [-0.3, -0.25) is 9.10 Å². The first kappa shape index (κ1) is 22.2. The summed E-state index contributed by atoms with van der Waals surface area (Å²) >= 11 is 5.89. The van der Waals surface area contributed by atoms with Crippen molar-refractivity contribution in [2.45, 2.75) is 26.0 Å². The quantitative estimate of drug-likeness (QED) is 0.594. The van der Waals surface area contributed by atoms with E-state index >= 15 is 0 Å². The second kappa shape index (κ2) is 10.5. The Kier molecular flexibility index (Phi) is 8.29. The summed E-state index contributed by atoms with van der Waals surface area (Å²) in [6.07, 6.45) is 1.41. The number of rotatable bonds is 10. The molecule has 1 N–H and O–H groups in total. The van der Waals surface area contributed by atoms with Crippen LogP contribution in [0.15, 0.2) is 54.6 Å². The van der Waals surface area contributed by atoms with Crippen LogP contribution in [0.5, 0.6) is 0 Å². The molecule has 0 bridgehead atoms. The molecular formula is C20H25ClN2O4S. The zero-order valence-corrected chi connectivity index (χ0v) is 17.5. The molecule has 1 atom stereocenters. The molecule has 0 aliphatic carbocycles. The van der Waals surface area contributed by atoms with Crippen molar-refractivity contribution in [3.8, 4) is 0 Å². The molecular weight excluding hydrogens is 400 g/mol. The zero-order chi connectivity index (χ0) is 20.6. The van der Waals surface area contributed by atoms with Gasteiger partial charge >= 0.3 is 0 Å². The molecule has 2 aromatic rings. The van der Waals surface area contributed by atoms with E-state index in [4.69, 9.17) is 16.3 Å². The third-order valence-electron chi connectivity index (χ3n) is 4.07. The van der Waals surface area contributed by atoms with Crippen LogP contribution in [-0.4, -0.2) is 39.8 Å². The number of anilines is 1. The third-order valence-corrected chi connectivity index (χ3v) is 5.50. The lowest BCUT2D eigenvalue weighted by Gasteiger charge is -2.30. The molecule has 0 aromatic heterocycles. The first-order valence-corrected chi connectivity index (χ1v) is 11.2. The summed E-state index contributed by atoms with van der Waals surface area (Å²) in [6, 6.07) is 15.2. The van der Waals surface area contributed by atoms with Crippen LogP contribution in [0.1, 0.15) is 18.9 Å². The number of benzene rings is 2.